The highest BCUT2D eigenvalue weighted by Crippen LogP contribution is 2.43. The normalized spacial score (nSPS) is 29.6. The molecule has 1 aliphatic carbocycles. The summed E-state index contributed by atoms with van der Waals surface area (Å²) in [6.07, 6.45) is 7.80. The average Bonchev–Trinajstić information content (AvgIpc) is 3.76. The summed E-state index contributed by atoms with van der Waals surface area (Å²) in [4.78, 5) is 45.8. The summed E-state index contributed by atoms with van der Waals surface area (Å²) in [7, 11) is 2.70. The number of rotatable bonds is 6. The Morgan fingerprint density at radius 2 is 1.57 bits per heavy atom. The molecule has 3 aliphatic heterocycles. The van der Waals surface area contributed by atoms with Crippen molar-refractivity contribution < 1.29 is 29.0 Å². The maximum absolute atomic E-state index is 13.4. The number of aromatic nitrogens is 2. The number of carbonyl (C=O) groups is 3. The zero-order valence-corrected chi connectivity index (χ0v) is 27.8. The van der Waals surface area contributed by atoms with E-state index in [-0.39, 0.29) is 47.6 Å². The van der Waals surface area contributed by atoms with E-state index in [0.717, 1.165) is 51.7 Å². The van der Waals surface area contributed by atoms with E-state index in [1.807, 2.05) is 19.9 Å². The minimum Gasteiger partial charge on any atom is -0.510 e. The van der Waals surface area contributed by atoms with E-state index in [1.54, 1.807) is 6.92 Å². The topological polar surface area (TPSA) is 146 Å². The van der Waals surface area contributed by atoms with Gasteiger partial charge in [0.1, 0.15) is 11.7 Å². The zero-order valence-electron chi connectivity index (χ0n) is 27.8. The fraction of sp³-hybridized carbons (Fsp3) is 0.472. The lowest BCUT2D eigenvalue weighted by atomic mass is 9.80. The third-order valence-electron chi connectivity index (χ3n) is 10.8. The highest BCUT2D eigenvalue weighted by Gasteiger charge is 2.47. The first-order valence-corrected chi connectivity index (χ1v) is 16.1. The molecule has 10 nitrogen and oxygen atoms in total. The van der Waals surface area contributed by atoms with Gasteiger partial charge in [-0.25, -0.2) is 0 Å². The molecule has 2 aromatic rings. The number of Topliss-reactive ketones (excluding diaryl/α,β-unsaturated/α-hetero) is 1. The van der Waals surface area contributed by atoms with Gasteiger partial charge in [0.15, 0.2) is 5.78 Å². The van der Waals surface area contributed by atoms with E-state index < -0.39 is 17.9 Å². The molecule has 6 atom stereocenters. The molecule has 5 heterocycles. The van der Waals surface area contributed by atoms with Crippen LogP contribution in [0.4, 0.5) is 0 Å². The van der Waals surface area contributed by atoms with E-state index in [4.69, 9.17) is 9.47 Å². The van der Waals surface area contributed by atoms with E-state index in [0.29, 0.717) is 28.1 Å². The maximum atomic E-state index is 13.4. The largest absolute Gasteiger partial charge is 0.510 e. The van der Waals surface area contributed by atoms with Gasteiger partial charge in [-0.2, -0.15) is 0 Å². The lowest BCUT2D eigenvalue weighted by molar-refractivity contribution is -0.142. The molecule has 0 radical (unpaired) electrons. The van der Waals surface area contributed by atoms with Crippen LogP contribution in [0.1, 0.15) is 85.5 Å². The lowest BCUT2D eigenvalue weighted by Gasteiger charge is -2.26. The molecule has 2 saturated heterocycles. The predicted molar refractivity (Wildman–Crippen MR) is 176 cm³/mol. The minimum atomic E-state index is -0.999. The Labute approximate surface area is 268 Å². The smallest absolute Gasteiger partial charge is 0.320 e. The van der Waals surface area contributed by atoms with Gasteiger partial charge in [-0.1, -0.05) is 20.8 Å². The Morgan fingerprint density at radius 1 is 0.891 bits per heavy atom. The fourth-order valence-corrected chi connectivity index (χ4v) is 8.20. The van der Waals surface area contributed by atoms with Crippen molar-refractivity contribution in [2.75, 3.05) is 14.2 Å². The first kappa shape index (κ1) is 31.5. The molecule has 0 spiro atoms. The molecule has 2 fully saturated rings. The molecule has 2 aromatic heterocycles. The summed E-state index contributed by atoms with van der Waals surface area (Å²) in [6, 6.07) is -0.411. The second kappa shape index (κ2) is 11.7. The number of allylic oxidation sites excluding steroid dienone is 3. The van der Waals surface area contributed by atoms with Crippen LogP contribution in [0.3, 0.4) is 0 Å². The monoisotopic (exact) mass is 628 g/mol. The van der Waals surface area contributed by atoms with Gasteiger partial charge >= 0.3 is 11.9 Å². The van der Waals surface area contributed by atoms with Gasteiger partial charge in [-0.3, -0.25) is 14.4 Å². The van der Waals surface area contributed by atoms with Crippen LogP contribution in [0.5, 0.6) is 0 Å². The Kier molecular flexibility index (Phi) is 8.02. The summed E-state index contributed by atoms with van der Waals surface area (Å²) in [5.41, 5.74) is 8.42. The number of aliphatic hydroxyl groups excluding tert-OH is 1. The van der Waals surface area contributed by atoms with Crippen LogP contribution >= 0.6 is 0 Å². The van der Waals surface area contributed by atoms with Crippen LogP contribution < -0.4 is 21.2 Å². The minimum absolute atomic E-state index is 0.0203. The van der Waals surface area contributed by atoms with Gasteiger partial charge in [0.2, 0.25) is 0 Å². The van der Waals surface area contributed by atoms with Crippen molar-refractivity contribution in [3.8, 4) is 0 Å². The molecule has 0 saturated carbocycles. The van der Waals surface area contributed by atoms with Crippen molar-refractivity contribution >= 4 is 47.3 Å². The lowest BCUT2D eigenvalue weighted by Crippen LogP contribution is -2.38. The van der Waals surface area contributed by atoms with Crippen LogP contribution in [0, 0.1) is 43.4 Å². The maximum Gasteiger partial charge on any atom is 0.320 e. The van der Waals surface area contributed by atoms with Gasteiger partial charge in [0.05, 0.1) is 31.3 Å². The summed E-state index contributed by atoms with van der Waals surface area (Å²) in [6.45, 7) is 12.0. The highest BCUT2D eigenvalue weighted by molar-refractivity contribution is 6.00. The second-order valence-electron chi connectivity index (χ2n) is 13.1. The Morgan fingerprint density at radius 3 is 2.22 bits per heavy atom. The number of nitrogens with one attached hydrogen (secondary N) is 4. The molecule has 10 heteroatoms. The molecule has 6 rings (SSSR count). The molecular weight excluding hydrogens is 584 g/mol. The number of aromatic amines is 2. The number of esters is 2. The Balaban J connectivity index is 1.66. The standard InChI is InChI=1S/C36H44N4O6/c1-9-20-15(2)22-14-27-29(19(6)41)17(4)24(38-27)12-23-16(3)21(10-11-28(42)45-7)33(39-23)31-32(36(44)46-8)35(43)30-18(5)25(40-34(30)31)13-26(20)37-22/h12-16,20-21,32-33,37-40,43H,9-11H2,1-8H3/b22-14+,23-12-,26-13-/t15-,16+,20-,21+,32-,33?/m1/s1. The molecule has 244 valence electrons. The summed E-state index contributed by atoms with van der Waals surface area (Å²) in [5, 5.41) is 20.4. The van der Waals surface area contributed by atoms with Crippen LogP contribution in [0.25, 0.3) is 29.6 Å². The molecule has 0 amide bonds. The molecule has 1 unspecified atom stereocenters. The number of fused-ring (bicyclic) bond motifs is 8. The Bertz CT molecular complexity index is 1870. The highest BCUT2D eigenvalue weighted by atomic mass is 16.5. The van der Waals surface area contributed by atoms with E-state index >= 15 is 0 Å². The number of carbonyl (C=O) groups excluding carboxylic acids is 3. The average molecular weight is 629 g/mol. The SMILES string of the molecule is CC[C@H]1/C2=C/c3[nH]c4c(c3C)=C(O)[C@H](C(=O)OC)C=4C3N/C(=C\c4[nH]c(c(C(C)=O)c4C)/C=C(/N2)[C@@H]1C)[C@@H](C)[C@@H]3CCC(=O)OC. The van der Waals surface area contributed by atoms with E-state index in [9.17, 15) is 19.5 Å². The van der Waals surface area contributed by atoms with Crippen LogP contribution in [-0.2, 0) is 19.1 Å². The fourth-order valence-electron chi connectivity index (χ4n) is 8.20. The number of hydrogen-bond acceptors (Lipinski definition) is 8. The number of aliphatic hydroxyl groups is 1. The predicted octanol–water partition coefficient (Wildman–Crippen LogP) is 3.96. The van der Waals surface area contributed by atoms with Gasteiger partial charge in [0.25, 0.3) is 0 Å². The second-order valence-corrected chi connectivity index (χ2v) is 13.1. The third-order valence-corrected chi connectivity index (χ3v) is 10.8. The quantitative estimate of drug-likeness (QED) is 0.239. The Hall–Kier alpha value is -4.47. The van der Waals surface area contributed by atoms with Gasteiger partial charge in [-0.15, -0.1) is 0 Å². The molecule has 8 bridgehead atoms. The summed E-state index contributed by atoms with van der Waals surface area (Å²) in [5.74, 6) is -1.71. The number of H-pyrrole nitrogens is 2. The van der Waals surface area contributed by atoms with Crippen molar-refractivity contribution in [2.45, 2.75) is 66.8 Å². The van der Waals surface area contributed by atoms with Crippen LogP contribution in [0.2, 0.25) is 0 Å². The number of ether oxygens (including phenoxy) is 2. The van der Waals surface area contributed by atoms with Crippen LogP contribution in [-0.4, -0.2) is 53.1 Å². The molecular formula is C36H44N4O6. The van der Waals surface area contributed by atoms with Crippen molar-refractivity contribution in [3.05, 3.63) is 61.4 Å². The van der Waals surface area contributed by atoms with Crippen molar-refractivity contribution in [1.29, 1.82) is 0 Å². The molecule has 0 aromatic carbocycles. The number of methoxy groups -OCH3 is 2. The van der Waals surface area contributed by atoms with E-state index in [2.05, 4.69) is 53.5 Å². The van der Waals surface area contributed by atoms with Crippen LogP contribution in [0.15, 0.2) is 17.1 Å². The molecule has 5 N–H and O–H groups in total. The number of hydrogen-bond donors (Lipinski definition) is 5. The summed E-state index contributed by atoms with van der Waals surface area (Å²) < 4.78 is 10.2. The van der Waals surface area contributed by atoms with Gasteiger partial charge < -0.3 is 35.2 Å². The zero-order chi connectivity index (χ0) is 33.2. The third kappa shape index (κ3) is 4.80. The molecule has 4 aliphatic rings. The van der Waals surface area contributed by atoms with Gasteiger partial charge in [0, 0.05) is 63.4 Å². The van der Waals surface area contributed by atoms with E-state index in [1.165, 1.54) is 14.2 Å². The number of ketones is 1. The van der Waals surface area contributed by atoms with Crippen molar-refractivity contribution in [1.82, 2.24) is 20.6 Å². The van der Waals surface area contributed by atoms with Crippen molar-refractivity contribution in [3.63, 3.8) is 0 Å². The first-order valence-electron chi connectivity index (χ1n) is 16.1. The summed E-state index contributed by atoms with van der Waals surface area (Å²) >= 11 is 0. The van der Waals surface area contributed by atoms with Crippen molar-refractivity contribution in [2.24, 2.45) is 29.6 Å². The first-order chi connectivity index (χ1) is 21.9. The molecule has 46 heavy (non-hydrogen) atoms. The van der Waals surface area contributed by atoms with Gasteiger partial charge in [-0.05, 0) is 74.5 Å².